The Hall–Kier alpha value is -4.05. The van der Waals surface area contributed by atoms with Crippen molar-refractivity contribution in [2.75, 3.05) is 51.9 Å². The van der Waals surface area contributed by atoms with Crippen LogP contribution in [0.25, 0.3) is 10.9 Å². The molecule has 0 spiro atoms. The first-order valence-corrected chi connectivity index (χ1v) is 15.0. The number of ketones is 1. The van der Waals surface area contributed by atoms with Gasteiger partial charge in [0.25, 0.3) is 0 Å². The number of methoxy groups -OCH3 is 1. The van der Waals surface area contributed by atoms with Gasteiger partial charge in [0.15, 0.2) is 17.3 Å². The Morgan fingerprint density at radius 2 is 1.72 bits per heavy atom. The Labute approximate surface area is 253 Å². The van der Waals surface area contributed by atoms with E-state index in [2.05, 4.69) is 39.3 Å². The first-order chi connectivity index (χ1) is 21.0. The SMILES string of the molecule is COc1cc2c(Nc3ccc(CC(=O)c4ccc(CNC(C)C)cc4)cc3)ncnc2cc1OCCCN1CCOCC1. The number of fused-ring (bicyclic) bond motifs is 1. The van der Waals surface area contributed by atoms with Gasteiger partial charge in [-0.1, -0.05) is 50.2 Å². The summed E-state index contributed by atoms with van der Waals surface area (Å²) in [5, 5.41) is 7.61. The molecule has 4 aromatic rings. The molecule has 0 atom stereocenters. The van der Waals surface area contributed by atoms with Crippen LogP contribution in [0.15, 0.2) is 67.0 Å². The molecule has 1 aliphatic rings. The van der Waals surface area contributed by atoms with E-state index < -0.39 is 0 Å². The van der Waals surface area contributed by atoms with Crippen molar-refractivity contribution in [2.24, 2.45) is 0 Å². The second-order valence-corrected chi connectivity index (χ2v) is 11.1. The van der Waals surface area contributed by atoms with Gasteiger partial charge in [-0.15, -0.1) is 0 Å². The molecule has 226 valence electrons. The van der Waals surface area contributed by atoms with Gasteiger partial charge in [0.1, 0.15) is 12.1 Å². The van der Waals surface area contributed by atoms with Crippen LogP contribution >= 0.6 is 0 Å². The molecule has 5 rings (SSSR count). The molecule has 9 nitrogen and oxygen atoms in total. The molecule has 9 heteroatoms. The highest BCUT2D eigenvalue weighted by Crippen LogP contribution is 2.35. The van der Waals surface area contributed by atoms with Gasteiger partial charge < -0.3 is 24.8 Å². The van der Waals surface area contributed by atoms with E-state index in [1.165, 1.54) is 11.9 Å². The molecular weight excluding hydrogens is 542 g/mol. The molecule has 0 amide bonds. The summed E-state index contributed by atoms with van der Waals surface area (Å²) in [6, 6.07) is 19.9. The molecule has 0 unspecified atom stereocenters. The lowest BCUT2D eigenvalue weighted by Crippen LogP contribution is -2.37. The van der Waals surface area contributed by atoms with Gasteiger partial charge >= 0.3 is 0 Å². The zero-order valence-corrected chi connectivity index (χ0v) is 25.3. The molecule has 43 heavy (non-hydrogen) atoms. The molecule has 1 fully saturated rings. The number of anilines is 2. The van der Waals surface area contributed by atoms with Crippen LogP contribution in [0.5, 0.6) is 11.5 Å². The minimum atomic E-state index is 0.0945. The largest absolute Gasteiger partial charge is 0.493 e. The van der Waals surface area contributed by atoms with Crippen LogP contribution in [-0.2, 0) is 17.7 Å². The Morgan fingerprint density at radius 3 is 2.44 bits per heavy atom. The van der Waals surface area contributed by atoms with Crippen LogP contribution in [0.1, 0.15) is 41.8 Å². The monoisotopic (exact) mass is 583 g/mol. The van der Waals surface area contributed by atoms with Crippen molar-refractivity contribution in [3.8, 4) is 11.5 Å². The zero-order chi connectivity index (χ0) is 30.0. The van der Waals surface area contributed by atoms with Gasteiger partial charge in [0, 0.05) is 61.3 Å². The molecule has 0 saturated carbocycles. The lowest BCUT2D eigenvalue weighted by Gasteiger charge is -2.26. The normalized spacial score (nSPS) is 13.8. The third kappa shape index (κ3) is 8.50. The van der Waals surface area contributed by atoms with Crippen molar-refractivity contribution < 1.29 is 19.0 Å². The lowest BCUT2D eigenvalue weighted by atomic mass is 10.0. The number of carbonyl (C=O) groups is 1. The molecule has 3 aromatic carbocycles. The first kappa shape index (κ1) is 30.4. The van der Waals surface area contributed by atoms with E-state index in [1.807, 2.05) is 60.7 Å². The number of Topliss-reactive ketones (excluding diaryl/α,β-unsaturated/α-hetero) is 1. The first-order valence-electron chi connectivity index (χ1n) is 15.0. The van der Waals surface area contributed by atoms with Crippen molar-refractivity contribution >= 4 is 28.2 Å². The molecule has 1 saturated heterocycles. The fraction of sp³-hybridized carbons (Fsp3) is 0.382. The Morgan fingerprint density at radius 1 is 0.977 bits per heavy atom. The average Bonchev–Trinajstić information content (AvgIpc) is 3.03. The summed E-state index contributed by atoms with van der Waals surface area (Å²) in [4.78, 5) is 24.2. The van der Waals surface area contributed by atoms with Gasteiger partial charge in [-0.25, -0.2) is 9.97 Å². The van der Waals surface area contributed by atoms with E-state index in [-0.39, 0.29) is 5.78 Å². The fourth-order valence-corrected chi connectivity index (χ4v) is 4.99. The van der Waals surface area contributed by atoms with E-state index in [1.54, 1.807) is 7.11 Å². The second kappa shape index (κ2) is 14.9. The molecule has 2 heterocycles. The van der Waals surface area contributed by atoms with Gasteiger partial charge in [0.05, 0.1) is 32.4 Å². The lowest BCUT2D eigenvalue weighted by molar-refractivity contribution is 0.0357. The third-order valence-electron chi connectivity index (χ3n) is 7.47. The summed E-state index contributed by atoms with van der Waals surface area (Å²) in [6.45, 7) is 10.1. The van der Waals surface area contributed by atoms with E-state index in [0.717, 1.165) is 73.5 Å². The molecule has 2 N–H and O–H groups in total. The van der Waals surface area contributed by atoms with Crippen molar-refractivity contribution in [1.29, 1.82) is 0 Å². The maximum atomic E-state index is 12.9. The zero-order valence-electron chi connectivity index (χ0n) is 25.3. The fourth-order valence-electron chi connectivity index (χ4n) is 4.99. The van der Waals surface area contributed by atoms with Gasteiger partial charge in [0.2, 0.25) is 0 Å². The molecule has 0 aliphatic carbocycles. The van der Waals surface area contributed by atoms with Crippen molar-refractivity contribution in [2.45, 2.75) is 39.3 Å². The number of hydrogen-bond acceptors (Lipinski definition) is 9. The van der Waals surface area contributed by atoms with Crippen molar-refractivity contribution in [3.63, 3.8) is 0 Å². The topological polar surface area (TPSA) is 97.8 Å². The predicted octanol–water partition coefficient (Wildman–Crippen LogP) is 5.41. The maximum absolute atomic E-state index is 12.9. The number of carbonyl (C=O) groups excluding carboxylic acids is 1. The van der Waals surface area contributed by atoms with Crippen LogP contribution in [-0.4, -0.2) is 73.3 Å². The average molecular weight is 584 g/mol. The Balaban J connectivity index is 1.19. The predicted molar refractivity (Wildman–Crippen MR) is 170 cm³/mol. The van der Waals surface area contributed by atoms with Crippen molar-refractivity contribution in [1.82, 2.24) is 20.2 Å². The maximum Gasteiger partial charge on any atom is 0.167 e. The third-order valence-corrected chi connectivity index (χ3v) is 7.47. The number of hydrogen-bond donors (Lipinski definition) is 2. The Bertz CT molecular complexity index is 1490. The molecular formula is C34H41N5O4. The standard InChI is InChI=1S/C34H41N5O4/c1-24(2)35-22-26-5-9-27(10-6-26)31(40)19-25-7-11-28(12-8-25)38-34-29-20-32(41-3)33(21-30(29)36-23-37-34)43-16-4-13-39-14-17-42-18-15-39/h5-12,20-21,23-24,35H,4,13-19,22H2,1-3H3,(H,36,37,38). The highest BCUT2D eigenvalue weighted by molar-refractivity contribution is 5.97. The molecule has 0 bridgehead atoms. The van der Waals surface area contributed by atoms with Crippen molar-refractivity contribution in [3.05, 3.63) is 83.7 Å². The number of morpholine rings is 1. The number of nitrogens with one attached hydrogen (secondary N) is 2. The van der Waals surface area contributed by atoms with Gasteiger partial charge in [-0.3, -0.25) is 9.69 Å². The Kier molecular flexibility index (Phi) is 10.5. The van der Waals surface area contributed by atoms with Crippen LogP contribution in [0.2, 0.25) is 0 Å². The highest BCUT2D eigenvalue weighted by Gasteiger charge is 2.14. The van der Waals surface area contributed by atoms with Gasteiger partial charge in [-0.05, 0) is 35.7 Å². The van der Waals surface area contributed by atoms with E-state index in [4.69, 9.17) is 14.2 Å². The molecule has 0 radical (unpaired) electrons. The van der Waals surface area contributed by atoms with Crippen LogP contribution < -0.4 is 20.1 Å². The van der Waals surface area contributed by atoms with Crippen LogP contribution in [0, 0.1) is 0 Å². The van der Waals surface area contributed by atoms with Crippen LogP contribution in [0.4, 0.5) is 11.5 Å². The van der Waals surface area contributed by atoms with E-state index in [0.29, 0.717) is 36.4 Å². The highest BCUT2D eigenvalue weighted by atomic mass is 16.5. The van der Waals surface area contributed by atoms with Crippen LogP contribution in [0.3, 0.4) is 0 Å². The summed E-state index contributed by atoms with van der Waals surface area (Å²) < 4.78 is 17.2. The number of ether oxygens (including phenoxy) is 3. The number of nitrogens with zero attached hydrogens (tertiary/aromatic N) is 3. The number of rotatable bonds is 14. The number of benzene rings is 3. The molecule has 1 aromatic heterocycles. The summed E-state index contributed by atoms with van der Waals surface area (Å²) in [5.74, 6) is 2.06. The quantitative estimate of drug-likeness (QED) is 0.149. The summed E-state index contributed by atoms with van der Waals surface area (Å²) in [6.07, 6.45) is 2.80. The van der Waals surface area contributed by atoms with Gasteiger partial charge in [-0.2, -0.15) is 0 Å². The van der Waals surface area contributed by atoms with E-state index >= 15 is 0 Å². The number of aromatic nitrogens is 2. The minimum absolute atomic E-state index is 0.0945. The summed E-state index contributed by atoms with van der Waals surface area (Å²) in [7, 11) is 1.64. The van der Waals surface area contributed by atoms with E-state index in [9.17, 15) is 4.79 Å². The summed E-state index contributed by atoms with van der Waals surface area (Å²) >= 11 is 0. The smallest absolute Gasteiger partial charge is 0.167 e. The minimum Gasteiger partial charge on any atom is -0.493 e. The second-order valence-electron chi connectivity index (χ2n) is 11.1. The molecule has 1 aliphatic heterocycles. The summed E-state index contributed by atoms with van der Waals surface area (Å²) in [5.41, 5.74) is 4.46.